The Kier molecular flexibility index (Phi) is 6.65. The summed E-state index contributed by atoms with van der Waals surface area (Å²) in [4.78, 5) is 36.5. The quantitative estimate of drug-likeness (QED) is 0.769. The summed E-state index contributed by atoms with van der Waals surface area (Å²) in [5, 5.41) is 11.5. The lowest BCUT2D eigenvalue weighted by Gasteiger charge is -2.33. The van der Waals surface area contributed by atoms with Crippen molar-refractivity contribution >= 4 is 17.8 Å². The Morgan fingerprint density at radius 2 is 1.95 bits per heavy atom. The molecule has 0 spiro atoms. The monoisotopic (exact) mass is 298 g/mol. The van der Waals surface area contributed by atoms with Crippen molar-refractivity contribution in [2.24, 2.45) is 17.8 Å². The van der Waals surface area contributed by atoms with E-state index in [-0.39, 0.29) is 36.0 Å². The molecule has 2 N–H and O–H groups in total. The second-order valence-electron chi connectivity index (χ2n) is 6.23. The molecule has 6 nitrogen and oxygen atoms in total. The number of piperidine rings is 1. The average molecular weight is 298 g/mol. The number of nitrogens with one attached hydrogen (secondary N) is 1. The molecule has 21 heavy (non-hydrogen) atoms. The Morgan fingerprint density at radius 1 is 1.29 bits per heavy atom. The summed E-state index contributed by atoms with van der Waals surface area (Å²) in [6.45, 7) is 7.06. The van der Waals surface area contributed by atoms with Gasteiger partial charge in [-0.2, -0.15) is 0 Å². The number of carboxylic acids is 1. The second kappa shape index (κ2) is 8.00. The molecule has 1 rings (SSSR count). The van der Waals surface area contributed by atoms with E-state index in [1.165, 1.54) is 0 Å². The molecule has 2 unspecified atom stereocenters. The smallest absolute Gasteiger partial charge is 0.303 e. The van der Waals surface area contributed by atoms with E-state index in [1.807, 2.05) is 13.8 Å². The van der Waals surface area contributed by atoms with Gasteiger partial charge in [-0.05, 0) is 18.8 Å². The van der Waals surface area contributed by atoms with Gasteiger partial charge in [-0.1, -0.05) is 20.8 Å². The number of carboxylic acid groups (broad SMARTS) is 1. The first-order valence-electron chi connectivity index (χ1n) is 7.59. The molecule has 120 valence electrons. The minimum atomic E-state index is -0.858. The van der Waals surface area contributed by atoms with E-state index in [0.717, 1.165) is 19.4 Å². The molecule has 6 heteroatoms. The van der Waals surface area contributed by atoms with Crippen LogP contribution in [0.3, 0.4) is 0 Å². The third kappa shape index (κ3) is 5.73. The molecule has 0 aromatic heterocycles. The fourth-order valence-electron chi connectivity index (χ4n) is 2.55. The fourth-order valence-corrected chi connectivity index (χ4v) is 2.55. The summed E-state index contributed by atoms with van der Waals surface area (Å²) in [5.74, 6) is -1.17. The Labute approximate surface area is 125 Å². The normalized spacial score (nSPS) is 20.2. The van der Waals surface area contributed by atoms with Crippen molar-refractivity contribution in [3.8, 4) is 0 Å². The molecule has 1 fully saturated rings. The first-order valence-corrected chi connectivity index (χ1v) is 7.59. The molecule has 2 amide bonds. The number of hydrogen-bond donors (Lipinski definition) is 2. The minimum absolute atomic E-state index is 0.0446. The number of carbonyl (C=O) groups is 3. The Morgan fingerprint density at radius 3 is 2.52 bits per heavy atom. The summed E-state index contributed by atoms with van der Waals surface area (Å²) in [5.41, 5.74) is 0. The van der Waals surface area contributed by atoms with Crippen LogP contribution in [0.4, 0.5) is 0 Å². The Hall–Kier alpha value is -1.59. The maximum Gasteiger partial charge on any atom is 0.303 e. The van der Waals surface area contributed by atoms with E-state index in [2.05, 4.69) is 5.32 Å². The molecule has 1 aliphatic rings. The van der Waals surface area contributed by atoms with Crippen LogP contribution in [0.2, 0.25) is 0 Å². The van der Waals surface area contributed by atoms with Crippen LogP contribution in [0, 0.1) is 17.8 Å². The van der Waals surface area contributed by atoms with Gasteiger partial charge in [0.25, 0.3) is 0 Å². The SMILES string of the molecule is CC(CNC(=O)C1CCCN(C(=O)C(C)C)C1)CC(=O)O. The third-order valence-electron chi connectivity index (χ3n) is 3.75. The highest BCUT2D eigenvalue weighted by molar-refractivity contribution is 5.82. The van der Waals surface area contributed by atoms with Gasteiger partial charge < -0.3 is 15.3 Å². The number of hydrogen-bond acceptors (Lipinski definition) is 3. The lowest BCUT2D eigenvalue weighted by molar-refractivity contribution is -0.140. The van der Waals surface area contributed by atoms with E-state index in [4.69, 9.17) is 5.11 Å². The molecular weight excluding hydrogens is 272 g/mol. The molecule has 1 heterocycles. The van der Waals surface area contributed by atoms with Crippen LogP contribution in [-0.4, -0.2) is 47.4 Å². The summed E-state index contributed by atoms with van der Waals surface area (Å²) in [6.07, 6.45) is 1.66. The third-order valence-corrected chi connectivity index (χ3v) is 3.75. The Bertz CT molecular complexity index is 395. The van der Waals surface area contributed by atoms with Crippen molar-refractivity contribution in [1.29, 1.82) is 0 Å². The largest absolute Gasteiger partial charge is 0.481 e. The van der Waals surface area contributed by atoms with Crippen LogP contribution in [0.1, 0.15) is 40.0 Å². The van der Waals surface area contributed by atoms with Crippen molar-refractivity contribution in [2.75, 3.05) is 19.6 Å². The van der Waals surface area contributed by atoms with Crippen molar-refractivity contribution in [1.82, 2.24) is 10.2 Å². The summed E-state index contributed by atoms with van der Waals surface area (Å²) >= 11 is 0. The maximum atomic E-state index is 12.1. The molecule has 2 atom stereocenters. The number of carbonyl (C=O) groups excluding carboxylic acids is 2. The van der Waals surface area contributed by atoms with Crippen LogP contribution in [0.25, 0.3) is 0 Å². The van der Waals surface area contributed by atoms with Crippen molar-refractivity contribution in [3.05, 3.63) is 0 Å². The molecule has 0 bridgehead atoms. The predicted octanol–water partition coefficient (Wildman–Crippen LogP) is 1.11. The summed E-state index contributed by atoms with van der Waals surface area (Å²) < 4.78 is 0. The van der Waals surface area contributed by atoms with Gasteiger partial charge in [0.15, 0.2) is 0 Å². The highest BCUT2D eigenvalue weighted by Gasteiger charge is 2.29. The van der Waals surface area contributed by atoms with Crippen molar-refractivity contribution in [2.45, 2.75) is 40.0 Å². The van der Waals surface area contributed by atoms with Crippen LogP contribution < -0.4 is 5.32 Å². The van der Waals surface area contributed by atoms with Gasteiger partial charge in [-0.25, -0.2) is 0 Å². The van der Waals surface area contributed by atoms with Gasteiger partial charge in [0.1, 0.15) is 0 Å². The van der Waals surface area contributed by atoms with E-state index in [9.17, 15) is 14.4 Å². The standard InChI is InChI=1S/C15H26N2O4/c1-10(2)15(21)17-6-4-5-12(9-17)14(20)16-8-11(3)7-13(18)19/h10-12H,4-9H2,1-3H3,(H,16,20)(H,18,19). The molecule has 0 saturated carbocycles. The van der Waals surface area contributed by atoms with Gasteiger partial charge in [0.2, 0.25) is 11.8 Å². The highest BCUT2D eigenvalue weighted by Crippen LogP contribution is 2.18. The van der Waals surface area contributed by atoms with Gasteiger partial charge in [0, 0.05) is 32.0 Å². The highest BCUT2D eigenvalue weighted by atomic mass is 16.4. The maximum absolute atomic E-state index is 12.1. The fraction of sp³-hybridized carbons (Fsp3) is 0.800. The molecule has 1 aliphatic heterocycles. The number of amides is 2. The molecule has 0 aromatic rings. The molecule has 0 aliphatic carbocycles. The van der Waals surface area contributed by atoms with Crippen LogP contribution in [0.5, 0.6) is 0 Å². The zero-order chi connectivity index (χ0) is 16.0. The van der Waals surface area contributed by atoms with Gasteiger partial charge >= 0.3 is 5.97 Å². The van der Waals surface area contributed by atoms with E-state index in [0.29, 0.717) is 13.1 Å². The molecule has 0 radical (unpaired) electrons. The van der Waals surface area contributed by atoms with E-state index in [1.54, 1.807) is 11.8 Å². The topological polar surface area (TPSA) is 86.7 Å². The first kappa shape index (κ1) is 17.5. The minimum Gasteiger partial charge on any atom is -0.481 e. The zero-order valence-corrected chi connectivity index (χ0v) is 13.1. The summed E-state index contributed by atoms with van der Waals surface area (Å²) in [7, 11) is 0. The van der Waals surface area contributed by atoms with Crippen LogP contribution >= 0.6 is 0 Å². The van der Waals surface area contributed by atoms with Crippen LogP contribution in [0.15, 0.2) is 0 Å². The molecule has 1 saturated heterocycles. The van der Waals surface area contributed by atoms with E-state index >= 15 is 0 Å². The van der Waals surface area contributed by atoms with Gasteiger partial charge in [0.05, 0.1) is 5.92 Å². The van der Waals surface area contributed by atoms with E-state index < -0.39 is 5.97 Å². The molecule has 0 aromatic carbocycles. The Balaban J connectivity index is 2.43. The van der Waals surface area contributed by atoms with Gasteiger partial charge in [-0.3, -0.25) is 14.4 Å². The second-order valence-corrected chi connectivity index (χ2v) is 6.23. The van der Waals surface area contributed by atoms with Gasteiger partial charge in [-0.15, -0.1) is 0 Å². The average Bonchev–Trinajstić information content (AvgIpc) is 2.43. The predicted molar refractivity (Wildman–Crippen MR) is 78.6 cm³/mol. The number of rotatable bonds is 6. The van der Waals surface area contributed by atoms with Crippen LogP contribution in [-0.2, 0) is 14.4 Å². The number of aliphatic carboxylic acids is 1. The van der Waals surface area contributed by atoms with Crippen molar-refractivity contribution in [3.63, 3.8) is 0 Å². The van der Waals surface area contributed by atoms with Crippen molar-refractivity contribution < 1.29 is 19.5 Å². The first-order chi connectivity index (χ1) is 9.81. The number of nitrogens with zero attached hydrogens (tertiary/aromatic N) is 1. The number of likely N-dealkylation sites (tertiary alicyclic amines) is 1. The summed E-state index contributed by atoms with van der Waals surface area (Å²) in [6, 6.07) is 0. The zero-order valence-electron chi connectivity index (χ0n) is 13.1. The lowest BCUT2D eigenvalue weighted by atomic mass is 9.95. The molecular formula is C15H26N2O4. The lowest BCUT2D eigenvalue weighted by Crippen LogP contribution is -2.47.